The van der Waals surface area contributed by atoms with Gasteiger partial charge in [0.25, 0.3) is 5.91 Å². The second kappa shape index (κ2) is 2.26. The molecule has 10 heavy (non-hydrogen) atoms. The molecule has 0 aliphatic rings. The van der Waals surface area contributed by atoms with Crippen LogP contribution in [0.3, 0.4) is 0 Å². The number of nitrogens with zero attached hydrogens (tertiary/aromatic N) is 1. The monoisotopic (exact) mass is 156 g/mol. The number of hydrogen-bond donors (Lipinski definition) is 1. The topological polar surface area (TPSA) is 79.8 Å². The largest absolute Gasteiger partial charge is 0.375 e. The highest BCUT2D eigenvalue weighted by molar-refractivity contribution is 7.17. The summed E-state index contributed by atoms with van der Waals surface area (Å²) in [6, 6.07) is 0. The number of anilines is 1. The molecule has 1 amide bonds. The number of aromatic nitrogens is 1. The van der Waals surface area contributed by atoms with Gasteiger partial charge >= 0.3 is 0 Å². The van der Waals surface area contributed by atoms with E-state index < -0.39 is 5.91 Å². The van der Waals surface area contributed by atoms with Gasteiger partial charge in [-0.3, -0.25) is 10.5 Å². The minimum atomic E-state index is -0.716. The molecule has 0 spiro atoms. The SMILES string of the molecule is Cc1nc(N)sc1C([NH])=O. The summed E-state index contributed by atoms with van der Waals surface area (Å²) in [7, 11) is 0. The van der Waals surface area contributed by atoms with Gasteiger partial charge in [0, 0.05) is 0 Å². The lowest BCUT2D eigenvalue weighted by Crippen LogP contribution is -1.96. The van der Waals surface area contributed by atoms with Gasteiger partial charge in [0.2, 0.25) is 0 Å². The number of hydrogen-bond acceptors (Lipinski definition) is 4. The van der Waals surface area contributed by atoms with Crippen LogP contribution in [0.4, 0.5) is 5.13 Å². The van der Waals surface area contributed by atoms with Gasteiger partial charge in [0.1, 0.15) is 4.88 Å². The van der Waals surface area contributed by atoms with Gasteiger partial charge in [-0.25, -0.2) is 4.98 Å². The normalized spacial score (nSPS) is 9.70. The highest BCUT2D eigenvalue weighted by Gasteiger charge is 2.10. The molecule has 1 aromatic heterocycles. The summed E-state index contributed by atoms with van der Waals surface area (Å²) < 4.78 is 0. The van der Waals surface area contributed by atoms with Crippen molar-refractivity contribution in [3.8, 4) is 0 Å². The molecule has 5 heteroatoms. The highest BCUT2D eigenvalue weighted by Crippen LogP contribution is 2.18. The molecular weight excluding hydrogens is 150 g/mol. The van der Waals surface area contributed by atoms with Crippen LogP contribution >= 0.6 is 11.3 Å². The van der Waals surface area contributed by atoms with Gasteiger partial charge < -0.3 is 5.73 Å². The highest BCUT2D eigenvalue weighted by atomic mass is 32.1. The minimum absolute atomic E-state index is 0.331. The van der Waals surface area contributed by atoms with E-state index >= 15 is 0 Å². The molecule has 53 valence electrons. The number of carbonyl (C=O) groups is 1. The fraction of sp³-hybridized carbons (Fsp3) is 0.200. The van der Waals surface area contributed by atoms with Gasteiger partial charge in [-0.05, 0) is 6.92 Å². The smallest absolute Gasteiger partial charge is 0.281 e. The van der Waals surface area contributed by atoms with Gasteiger partial charge in [0.05, 0.1) is 5.69 Å². The Balaban J connectivity index is 3.15. The molecule has 0 aliphatic carbocycles. The molecule has 1 rings (SSSR count). The summed E-state index contributed by atoms with van der Waals surface area (Å²) in [5.74, 6) is -0.716. The summed E-state index contributed by atoms with van der Waals surface area (Å²) in [6.07, 6.45) is 0. The fourth-order valence-corrected chi connectivity index (χ4v) is 1.31. The predicted octanol–water partition coefficient (Wildman–Crippen LogP) is 0.457. The molecule has 1 radical (unpaired) electrons. The van der Waals surface area contributed by atoms with Crippen LogP contribution in [0.5, 0.6) is 0 Å². The van der Waals surface area contributed by atoms with Crippen molar-refractivity contribution in [3.63, 3.8) is 0 Å². The molecule has 0 unspecified atom stereocenters. The number of nitrogens with one attached hydrogen (secondary N) is 1. The van der Waals surface area contributed by atoms with Crippen LogP contribution in [0.1, 0.15) is 15.4 Å². The summed E-state index contributed by atoms with van der Waals surface area (Å²) in [5, 5.41) is 0.341. The van der Waals surface area contributed by atoms with Crippen molar-refractivity contribution < 1.29 is 4.79 Å². The Bertz CT molecular complexity index is 268. The maximum absolute atomic E-state index is 10.5. The van der Waals surface area contributed by atoms with Crippen LogP contribution in [-0.4, -0.2) is 10.9 Å². The van der Waals surface area contributed by atoms with Crippen molar-refractivity contribution >= 4 is 22.4 Å². The lowest BCUT2D eigenvalue weighted by molar-refractivity contribution is 0.0995. The molecule has 1 aromatic rings. The second-order valence-electron chi connectivity index (χ2n) is 1.80. The number of thiazole rings is 1. The molecular formula is C5H6N3OS. The molecule has 0 bridgehead atoms. The number of carbonyl (C=O) groups excluding carboxylic acids is 1. The summed E-state index contributed by atoms with van der Waals surface area (Å²) in [5.41, 5.74) is 12.6. The first-order chi connectivity index (χ1) is 4.61. The zero-order valence-electron chi connectivity index (χ0n) is 5.34. The van der Waals surface area contributed by atoms with Gasteiger partial charge in [-0.1, -0.05) is 11.3 Å². The zero-order chi connectivity index (χ0) is 7.72. The molecule has 0 aromatic carbocycles. The second-order valence-corrected chi connectivity index (χ2v) is 2.83. The third-order valence-electron chi connectivity index (χ3n) is 1.02. The average molecular weight is 156 g/mol. The first-order valence-corrected chi connectivity index (χ1v) is 3.41. The molecule has 1 heterocycles. The first-order valence-electron chi connectivity index (χ1n) is 2.60. The Labute approximate surface area is 61.9 Å². The van der Waals surface area contributed by atoms with E-state index in [9.17, 15) is 4.79 Å². The van der Waals surface area contributed by atoms with Crippen molar-refractivity contribution in [2.24, 2.45) is 0 Å². The van der Waals surface area contributed by atoms with Crippen molar-refractivity contribution in [1.82, 2.24) is 10.7 Å². The van der Waals surface area contributed by atoms with Crippen LogP contribution < -0.4 is 11.5 Å². The van der Waals surface area contributed by atoms with E-state index in [4.69, 9.17) is 11.5 Å². The maximum Gasteiger partial charge on any atom is 0.281 e. The molecule has 0 saturated carbocycles. The Morgan fingerprint density at radius 3 is 2.60 bits per heavy atom. The lowest BCUT2D eigenvalue weighted by Gasteiger charge is -1.84. The Hall–Kier alpha value is -1.10. The van der Waals surface area contributed by atoms with Crippen LogP contribution in [-0.2, 0) is 0 Å². The van der Waals surface area contributed by atoms with Gasteiger partial charge in [-0.2, -0.15) is 0 Å². The quantitative estimate of drug-likeness (QED) is 0.641. The van der Waals surface area contributed by atoms with Crippen LogP contribution in [0, 0.1) is 6.92 Å². The number of rotatable bonds is 1. The molecule has 0 atom stereocenters. The number of aryl methyl sites for hydroxylation is 1. The number of amides is 1. The fourth-order valence-electron chi connectivity index (χ4n) is 0.628. The third-order valence-corrected chi connectivity index (χ3v) is 2.00. The van der Waals surface area contributed by atoms with E-state index in [2.05, 4.69) is 4.98 Å². The molecule has 4 nitrogen and oxygen atoms in total. The summed E-state index contributed by atoms with van der Waals surface area (Å²) in [4.78, 5) is 14.6. The molecule has 0 saturated heterocycles. The van der Waals surface area contributed by atoms with E-state index in [0.717, 1.165) is 11.3 Å². The number of nitrogens with two attached hydrogens (primary N) is 1. The molecule has 0 aliphatic heterocycles. The van der Waals surface area contributed by atoms with Gasteiger partial charge in [0.15, 0.2) is 5.13 Å². The van der Waals surface area contributed by atoms with E-state index in [1.54, 1.807) is 6.92 Å². The average Bonchev–Trinajstić information content (AvgIpc) is 2.10. The van der Waals surface area contributed by atoms with Crippen molar-refractivity contribution in [2.45, 2.75) is 6.92 Å². The van der Waals surface area contributed by atoms with Crippen LogP contribution in [0.2, 0.25) is 0 Å². The van der Waals surface area contributed by atoms with Crippen molar-refractivity contribution in [3.05, 3.63) is 10.6 Å². The third kappa shape index (κ3) is 1.08. The van der Waals surface area contributed by atoms with Crippen molar-refractivity contribution in [2.75, 3.05) is 5.73 Å². The van der Waals surface area contributed by atoms with Crippen molar-refractivity contribution in [1.29, 1.82) is 0 Å². The van der Waals surface area contributed by atoms with E-state index in [-0.39, 0.29) is 0 Å². The van der Waals surface area contributed by atoms with Crippen LogP contribution in [0.25, 0.3) is 0 Å². The summed E-state index contributed by atoms with van der Waals surface area (Å²) in [6.45, 7) is 1.66. The van der Waals surface area contributed by atoms with Gasteiger partial charge in [-0.15, -0.1) is 0 Å². The molecule has 0 fully saturated rings. The first kappa shape index (κ1) is 7.01. The van der Waals surface area contributed by atoms with E-state index in [1.165, 1.54) is 0 Å². The minimum Gasteiger partial charge on any atom is -0.375 e. The molecule has 3 N–H and O–H groups in total. The summed E-state index contributed by atoms with van der Waals surface area (Å²) >= 11 is 1.05. The van der Waals surface area contributed by atoms with E-state index in [1.807, 2.05) is 0 Å². The maximum atomic E-state index is 10.5. The number of nitrogen functional groups attached to an aromatic ring is 1. The van der Waals surface area contributed by atoms with E-state index in [0.29, 0.717) is 15.7 Å². The standard InChI is InChI=1S/C5H6N3OS/c1-2-3(4(6)9)10-5(7)8-2/h6H,1H3,(H2,7,8). The zero-order valence-corrected chi connectivity index (χ0v) is 6.16. The predicted molar refractivity (Wildman–Crippen MR) is 38.7 cm³/mol. The Kier molecular flexibility index (Phi) is 1.58. The Morgan fingerprint density at radius 2 is 2.40 bits per heavy atom. The lowest BCUT2D eigenvalue weighted by atomic mass is 10.4. The van der Waals surface area contributed by atoms with Crippen LogP contribution in [0.15, 0.2) is 0 Å². The Morgan fingerprint density at radius 1 is 1.80 bits per heavy atom.